The summed E-state index contributed by atoms with van der Waals surface area (Å²) in [5, 5.41) is 5.71. The highest BCUT2D eigenvalue weighted by molar-refractivity contribution is 5.98. The van der Waals surface area contributed by atoms with Gasteiger partial charge < -0.3 is 20.1 Å². The maximum atomic E-state index is 12.0. The third kappa shape index (κ3) is 4.31. The molecule has 2 aliphatic rings. The van der Waals surface area contributed by atoms with Gasteiger partial charge in [0, 0.05) is 25.1 Å². The number of hydrogen-bond donors (Lipinski definition) is 1. The smallest absolute Gasteiger partial charge is 0.245 e. The molecule has 2 N–H and O–H groups in total. The fourth-order valence-electron chi connectivity index (χ4n) is 5.35. The van der Waals surface area contributed by atoms with Crippen LogP contribution in [0.25, 0.3) is 22.3 Å². The van der Waals surface area contributed by atoms with Gasteiger partial charge in [0.15, 0.2) is 5.65 Å². The number of carbonyl (C=O) groups excluding carboxylic acids is 1. The molecule has 2 aromatic carbocycles. The number of nitrogens with zero attached hydrogens (tertiary/aromatic N) is 5. The highest BCUT2D eigenvalue weighted by Gasteiger charge is 2.44. The highest BCUT2D eigenvalue weighted by Crippen LogP contribution is 2.42. The Bertz CT molecular complexity index is 1440. The number of hydrogen-bond acceptors (Lipinski definition) is 7. The fourth-order valence-corrected chi connectivity index (χ4v) is 5.35. The van der Waals surface area contributed by atoms with Gasteiger partial charge in [0.05, 0.1) is 23.6 Å². The summed E-state index contributed by atoms with van der Waals surface area (Å²) < 4.78 is 14.2. The molecule has 1 spiro atoms. The zero-order chi connectivity index (χ0) is 25.4. The van der Waals surface area contributed by atoms with Crippen LogP contribution in [-0.4, -0.2) is 55.9 Å². The van der Waals surface area contributed by atoms with Crippen molar-refractivity contribution in [3.8, 4) is 22.8 Å². The van der Waals surface area contributed by atoms with E-state index in [1.54, 1.807) is 0 Å². The molecule has 9 heteroatoms. The van der Waals surface area contributed by atoms with Crippen molar-refractivity contribution >= 4 is 22.8 Å². The van der Waals surface area contributed by atoms with E-state index in [9.17, 15) is 4.79 Å². The first-order valence-corrected chi connectivity index (χ1v) is 12.4. The SMILES string of the molecule is C=CC(=O)N1CCC2(CC1)CC(n1nc(-c3ccc(Oc4ccccc4)cc3)c3c(N)ncnc31)CO2. The van der Waals surface area contributed by atoms with Crippen molar-refractivity contribution in [3.05, 3.63) is 73.6 Å². The Kier molecular flexibility index (Phi) is 5.84. The van der Waals surface area contributed by atoms with Crippen molar-refractivity contribution in [2.24, 2.45) is 0 Å². The second-order valence-electron chi connectivity index (χ2n) is 9.57. The molecule has 0 saturated carbocycles. The quantitative estimate of drug-likeness (QED) is 0.409. The van der Waals surface area contributed by atoms with Gasteiger partial charge in [-0.15, -0.1) is 0 Å². The van der Waals surface area contributed by atoms with Gasteiger partial charge in [-0.1, -0.05) is 24.8 Å². The first-order valence-electron chi connectivity index (χ1n) is 12.4. The number of rotatable bonds is 5. The van der Waals surface area contributed by atoms with Crippen molar-refractivity contribution in [1.82, 2.24) is 24.6 Å². The largest absolute Gasteiger partial charge is 0.457 e. The summed E-state index contributed by atoms with van der Waals surface area (Å²) in [5.74, 6) is 1.87. The lowest BCUT2D eigenvalue weighted by Crippen LogP contribution is -2.46. The molecule has 0 aliphatic carbocycles. The van der Waals surface area contributed by atoms with Gasteiger partial charge in [-0.05, 0) is 55.3 Å². The maximum Gasteiger partial charge on any atom is 0.245 e. The van der Waals surface area contributed by atoms with Gasteiger partial charge in [0.25, 0.3) is 0 Å². The van der Waals surface area contributed by atoms with Gasteiger partial charge in [-0.3, -0.25) is 4.79 Å². The van der Waals surface area contributed by atoms with Crippen LogP contribution in [0.15, 0.2) is 73.6 Å². The number of fused-ring (bicyclic) bond motifs is 1. The van der Waals surface area contributed by atoms with E-state index >= 15 is 0 Å². The van der Waals surface area contributed by atoms with Crippen LogP contribution in [0.5, 0.6) is 11.5 Å². The standard InChI is InChI=1S/C28H28N6O3/c1-2-23(35)33-14-12-28(13-15-33)16-20(17-36-28)34-27-24(26(29)30-18-31-27)25(32-34)19-8-10-22(11-9-19)37-21-6-4-3-5-7-21/h2-11,18,20H,1,12-17H2,(H2,29,30,31). The lowest BCUT2D eigenvalue weighted by molar-refractivity contribution is -0.130. The summed E-state index contributed by atoms with van der Waals surface area (Å²) in [6, 6.07) is 17.4. The lowest BCUT2D eigenvalue weighted by Gasteiger charge is -2.38. The second kappa shape index (κ2) is 9.33. The molecule has 1 amide bonds. The summed E-state index contributed by atoms with van der Waals surface area (Å²) in [6.45, 7) is 5.45. The van der Waals surface area contributed by atoms with E-state index < -0.39 is 0 Å². The molecule has 1 unspecified atom stereocenters. The zero-order valence-corrected chi connectivity index (χ0v) is 20.4. The number of benzene rings is 2. The highest BCUT2D eigenvalue weighted by atomic mass is 16.5. The normalized spacial score (nSPS) is 18.8. The van der Waals surface area contributed by atoms with Crippen LogP contribution >= 0.6 is 0 Å². The maximum absolute atomic E-state index is 12.0. The molecule has 2 aliphatic heterocycles. The Labute approximate surface area is 214 Å². The van der Waals surface area contributed by atoms with Gasteiger partial charge in [-0.2, -0.15) is 5.10 Å². The Hall–Kier alpha value is -4.24. The topological polar surface area (TPSA) is 108 Å². The third-order valence-electron chi connectivity index (χ3n) is 7.32. The number of para-hydroxylation sites is 1. The van der Waals surface area contributed by atoms with Crippen LogP contribution in [0.1, 0.15) is 25.3 Å². The van der Waals surface area contributed by atoms with Crippen molar-refractivity contribution < 1.29 is 14.3 Å². The average molecular weight is 497 g/mol. The van der Waals surface area contributed by atoms with E-state index in [0.717, 1.165) is 47.4 Å². The lowest BCUT2D eigenvalue weighted by atomic mass is 9.87. The van der Waals surface area contributed by atoms with Gasteiger partial charge >= 0.3 is 0 Å². The molecule has 37 heavy (non-hydrogen) atoms. The van der Waals surface area contributed by atoms with E-state index in [2.05, 4.69) is 16.5 Å². The van der Waals surface area contributed by atoms with E-state index in [4.69, 9.17) is 20.3 Å². The number of aromatic nitrogens is 4. The Balaban J connectivity index is 1.27. The Morgan fingerprint density at radius 1 is 1.08 bits per heavy atom. The third-order valence-corrected chi connectivity index (χ3v) is 7.32. The summed E-state index contributed by atoms with van der Waals surface area (Å²) >= 11 is 0. The number of piperidine rings is 1. The number of likely N-dealkylation sites (tertiary alicyclic amines) is 1. The van der Waals surface area contributed by atoms with Crippen LogP contribution in [0.3, 0.4) is 0 Å². The molecular formula is C28H28N6O3. The first kappa shape index (κ1) is 23.2. The minimum atomic E-state index is -0.268. The molecule has 2 fully saturated rings. The summed E-state index contributed by atoms with van der Waals surface area (Å²) in [5.41, 5.74) is 8.38. The molecule has 0 bridgehead atoms. The summed E-state index contributed by atoms with van der Waals surface area (Å²) in [7, 11) is 0. The minimum absolute atomic E-state index is 0.00731. The van der Waals surface area contributed by atoms with Crippen molar-refractivity contribution in [2.45, 2.75) is 30.9 Å². The van der Waals surface area contributed by atoms with Crippen LogP contribution in [0.4, 0.5) is 5.82 Å². The van der Waals surface area contributed by atoms with Crippen LogP contribution in [0, 0.1) is 0 Å². The van der Waals surface area contributed by atoms with Gasteiger partial charge in [0.2, 0.25) is 5.91 Å². The second-order valence-corrected chi connectivity index (χ2v) is 9.57. The van der Waals surface area contributed by atoms with Crippen molar-refractivity contribution in [1.29, 1.82) is 0 Å². The van der Waals surface area contributed by atoms with Crippen LogP contribution in [-0.2, 0) is 9.53 Å². The van der Waals surface area contributed by atoms with Gasteiger partial charge in [-0.25, -0.2) is 14.6 Å². The number of anilines is 1. The van der Waals surface area contributed by atoms with Gasteiger partial charge in [0.1, 0.15) is 29.3 Å². The van der Waals surface area contributed by atoms with E-state index in [1.165, 1.54) is 12.4 Å². The first-order chi connectivity index (χ1) is 18.0. The molecule has 6 rings (SSSR count). The monoisotopic (exact) mass is 496 g/mol. The fraction of sp³-hybridized carbons (Fsp3) is 0.286. The Morgan fingerprint density at radius 3 is 2.54 bits per heavy atom. The van der Waals surface area contributed by atoms with Crippen LogP contribution < -0.4 is 10.5 Å². The Morgan fingerprint density at radius 2 is 1.81 bits per heavy atom. The molecule has 4 aromatic rings. The van der Waals surface area contributed by atoms with E-state index in [-0.39, 0.29) is 17.6 Å². The molecular weight excluding hydrogens is 468 g/mol. The molecule has 188 valence electrons. The summed E-state index contributed by atoms with van der Waals surface area (Å²) in [4.78, 5) is 22.6. The predicted molar refractivity (Wildman–Crippen MR) is 140 cm³/mol. The van der Waals surface area contributed by atoms with E-state index in [0.29, 0.717) is 31.2 Å². The number of nitrogens with two attached hydrogens (primary N) is 1. The number of nitrogen functional groups attached to an aromatic ring is 1. The van der Waals surface area contributed by atoms with Crippen LogP contribution in [0.2, 0.25) is 0 Å². The molecule has 2 saturated heterocycles. The number of ether oxygens (including phenoxy) is 2. The van der Waals surface area contributed by atoms with Crippen molar-refractivity contribution in [3.63, 3.8) is 0 Å². The molecule has 0 radical (unpaired) electrons. The van der Waals surface area contributed by atoms with Crippen molar-refractivity contribution in [2.75, 3.05) is 25.4 Å². The number of amides is 1. The predicted octanol–water partition coefficient (Wildman–Crippen LogP) is 4.38. The average Bonchev–Trinajstić information content (AvgIpc) is 3.52. The number of carbonyl (C=O) groups is 1. The molecule has 1 atom stereocenters. The zero-order valence-electron chi connectivity index (χ0n) is 20.4. The summed E-state index contributed by atoms with van der Waals surface area (Å²) in [6.07, 6.45) is 5.22. The minimum Gasteiger partial charge on any atom is -0.457 e. The molecule has 2 aromatic heterocycles. The molecule has 9 nitrogen and oxygen atoms in total. The van der Waals surface area contributed by atoms with E-state index in [1.807, 2.05) is 64.2 Å². The molecule has 4 heterocycles.